The minimum Gasteiger partial charge on any atom is -0.386 e. The first kappa shape index (κ1) is 32.1. The highest BCUT2D eigenvalue weighted by atomic mass is 16.3. The quantitative estimate of drug-likeness (QED) is 0.183. The molecule has 8 N–H and O–H groups in total. The topological polar surface area (TPSA) is 175 Å². The number of primary amides is 1. The van der Waals surface area contributed by atoms with Crippen molar-refractivity contribution in [2.24, 2.45) is 11.7 Å². The van der Waals surface area contributed by atoms with Gasteiger partial charge in [0.25, 0.3) is 0 Å². The number of nitrogens with two attached hydrogens (primary N) is 1. The molecule has 4 rings (SSSR count). The molecule has 2 aromatic rings. The van der Waals surface area contributed by atoms with Gasteiger partial charge in [0.2, 0.25) is 23.6 Å². The molecule has 0 radical (unpaired) electrons. The first-order valence-electron chi connectivity index (χ1n) is 15.1. The van der Waals surface area contributed by atoms with Crippen molar-refractivity contribution < 1.29 is 24.3 Å². The van der Waals surface area contributed by atoms with Crippen molar-refractivity contribution in [1.29, 1.82) is 0 Å². The first-order chi connectivity index (χ1) is 20.6. The molecule has 0 aliphatic carbocycles. The Morgan fingerprint density at radius 3 is 2.33 bits per heavy atom. The van der Waals surface area contributed by atoms with Gasteiger partial charge >= 0.3 is 0 Å². The molecule has 0 saturated carbocycles. The van der Waals surface area contributed by atoms with E-state index in [0.29, 0.717) is 24.8 Å². The third-order valence-electron chi connectivity index (χ3n) is 8.04. The predicted octanol–water partition coefficient (Wildman–Crippen LogP) is 1.26. The molecule has 2 fully saturated rings. The van der Waals surface area contributed by atoms with Crippen molar-refractivity contribution in [2.45, 2.75) is 82.3 Å². The van der Waals surface area contributed by atoms with Crippen molar-refractivity contribution in [2.75, 3.05) is 13.1 Å². The van der Waals surface area contributed by atoms with E-state index in [4.69, 9.17) is 5.73 Å². The lowest BCUT2D eigenvalue weighted by Crippen LogP contribution is -2.52. The minimum absolute atomic E-state index is 0.132. The molecule has 2 aliphatic rings. The van der Waals surface area contributed by atoms with E-state index in [-0.39, 0.29) is 36.4 Å². The number of amides is 4. The summed E-state index contributed by atoms with van der Waals surface area (Å²) in [6, 6.07) is 14.7. The Morgan fingerprint density at radius 1 is 0.930 bits per heavy atom. The third kappa shape index (κ3) is 8.85. The lowest BCUT2D eigenvalue weighted by atomic mass is 9.93. The molecule has 2 heterocycles. The maximum absolute atomic E-state index is 13.2. The molecule has 43 heavy (non-hydrogen) atoms. The molecule has 232 valence electrons. The van der Waals surface area contributed by atoms with Gasteiger partial charge in [-0.05, 0) is 61.3 Å². The average molecular weight is 593 g/mol. The van der Waals surface area contributed by atoms with Crippen LogP contribution in [0.2, 0.25) is 0 Å². The van der Waals surface area contributed by atoms with Crippen LogP contribution in [-0.2, 0) is 19.2 Å². The molecule has 11 nitrogen and oxygen atoms in total. The Labute approximate surface area is 252 Å². The molecule has 2 aromatic carbocycles. The summed E-state index contributed by atoms with van der Waals surface area (Å²) in [4.78, 5) is 49.9. The lowest BCUT2D eigenvalue weighted by Gasteiger charge is -2.27. The molecule has 2 saturated heterocycles. The number of nitrogens with one attached hydrogen (secondary N) is 5. The summed E-state index contributed by atoms with van der Waals surface area (Å²) in [5.41, 5.74) is 7.53. The van der Waals surface area contributed by atoms with E-state index in [1.54, 1.807) is 0 Å². The Kier molecular flexibility index (Phi) is 11.3. The van der Waals surface area contributed by atoms with E-state index >= 15 is 0 Å². The zero-order chi connectivity index (χ0) is 30.9. The molecule has 2 aliphatic heterocycles. The van der Waals surface area contributed by atoms with E-state index in [2.05, 4.69) is 26.6 Å². The van der Waals surface area contributed by atoms with Crippen LogP contribution in [-0.4, -0.2) is 60.0 Å². The van der Waals surface area contributed by atoms with Crippen LogP contribution in [0.25, 0.3) is 0 Å². The third-order valence-corrected chi connectivity index (χ3v) is 8.04. The van der Waals surface area contributed by atoms with Crippen LogP contribution < -0.4 is 32.3 Å². The summed E-state index contributed by atoms with van der Waals surface area (Å²) in [5.74, 6) is -1.38. The SMILES string of the molecule is CC(C)CC(NC(=O)C1CCC(c2cccc(C(O)C(NC(=O)C3CCCN3)c3ccccc3)c2)N1)C(=O)NCC(N)=O. The molecular formula is C32H44N6O5. The van der Waals surface area contributed by atoms with Gasteiger partial charge in [-0.1, -0.05) is 68.4 Å². The van der Waals surface area contributed by atoms with Gasteiger partial charge in [0, 0.05) is 6.04 Å². The number of rotatable bonds is 13. The van der Waals surface area contributed by atoms with E-state index in [1.165, 1.54) is 0 Å². The number of hydrogen-bond donors (Lipinski definition) is 7. The summed E-state index contributed by atoms with van der Waals surface area (Å²) >= 11 is 0. The molecular weight excluding hydrogens is 548 g/mol. The van der Waals surface area contributed by atoms with Crippen LogP contribution in [0.5, 0.6) is 0 Å². The molecule has 6 unspecified atom stereocenters. The van der Waals surface area contributed by atoms with Crippen LogP contribution in [0.4, 0.5) is 0 Å². The summed E-state index contributed by atoms with van der Waals surface area (Å²) in [6.07, 6.45) is 2.38. The average Bonchev–Trinajstić information content (AvgIpc) is 3.72. The fourth-order valence-electron chi connectivity index (χ4n) is 5.80. The molecule has 11 heteroatoms. The van der Waals surface area contributed by atoms with Gasteiger partial charge in [-0.2, -0.15) is 0 Å². The number of benzene rings is 2. The maximum atomic E-state index is 13.2. The van der Waals surface area contributed by atoms with Crippen molar-refractivity contribution in [1.82, 2.24) is 26.6 Å². The number of hydrogen-bond acceptors (Lipinski definition) is 7. The second-order valence-electron chi connectivity index (χ2n) is 11.9. The fraction of sp³-hybridized carbons (Fsp3) is 0.500. The van der Waals surface area contributed by atoms with Crippen LogP contribution in [0.1, 0.15) is 80.8 Å². The fourth-order valence-corrected chi connectivity index (χ4v) is 5.80. The number of aliphatic hydroxyl groups is 1. The van der Waals surface area contributed by atoms with Crippen molar-refractivity contribution in [3.8, 4) is 0 Å². The van der Waals surface area contributed by atoms with Crippen LogP contribution in [0.15, 0.2) is 54.6 Å². The highest BCUT2D eigenvalue weighted by Gasteiger charge is 2.34. The highest BCUT2D eigenvalue weighted by Crippen LogP contribution is 2.33. The van der Waals surface area contributed by atoms with Crippen LogP contribution >= 0.6 is 0 Å². The van der Waals surface area contributed by atoms with E-state index < -0.39 is 36.0 Å². The Balaban J connectivity index is 1.43. The second-order valence-corrected chi connectivity index (χ2v) is 11.9. The van der Waals surface area contributed by atoms with Gasteiger partial charge < -0.3 is 32.1 Å². The van der Waals surface area contributed by atoms with Crippen LogP contribution in [0, 0.1) is 5.92 Å². The second kappa shape index (κ2) is 15.1. The monoisotopic (exact) mass is 592 g/mol. The standard InChI is InChI=1S/C32H44N6O5/c1-19(2)16-26(30(41)35-18-27(33)39)37-32(43)25-14-13-23(36-25)21-10-6-11-22(17-21)29(40)28(20-8-4-3-5-9-20)38-31(42)24-12-7-15-34-24/h3-6,8-11,17,19,23-26,28-29,34,36,40H,7,12-16,18H2,1-2H3,(H2,33,39)(H,35,41)(H,37,43)(H,38,42). The molecule has 4 amide bonds. The van der Waals surface area contributed by atoms with Crippen molar-refractivity contribution >= 4 is 23.6 Å². The number of aliphatic hydroxyl groups excluding tert-OH is 1. The van der Waals surface area contributed by atoms with Gasteiger partial charge in [0.1, 0.15) is 12.1 Å². The van der Waals surface area contributed by atoms with E-state index in [9.17, 15) is 24.3 Å². The molecule has 0 spiro atoms. The Hall–Kier alpha value is -3.80. The maximum Gasteiger partial charge on any atom is 0.243 e. The summed E-state index contributed by atoms with van der Waals surface area (Å²) in [7, 11) is 0. The summed E-state index contributed by atoms with van der Waals surface area (Å²) < 4.78 is 0. The highest BCUT2D eigenvalue weighted by molar-refractivity contribution is 5.91. The van der Waals surface area contributed by atoms with Crippen molar-refractivity contribution in [3.63, 3.8) is 0 Å². The predicted molar refractivity (Wildman–Crippen MR) is 162 cm³/mol. The Bertz CT molecular complexity index is 1270. The van der Waals surface area contributed by atoms with Gasteiger partial charge in [-0.3, -0.25) is 24.5 Å². The summed E-state index contributed by atoms with van der Waals surface area (Å²) in [6.45, 7) is 4.41. The Morgan fingerprint density at radius 2 is 1.65 bits per heavy atom. The smallest absolute Gasteiger partial charge is 0.243 e. The van der Waals surface area contributed by atoms with Crippen molar-refractivity contribution in [3.05, 3.63) is 71.3 Å². The largest absolute Gasteiger partial charge is 0.386 e. The van der Waals surface area contributed by atoms with Gasteiger partial charge in [-0.25, -0.2) is 0 Å². The molecule has 0 bridgehead atoms. The zero-order valence-electron chi connectivity index (χ0n) is 24.8. The van der Waals surface area contributed by atoms with E-state index in [1.807, 2.05) is 68.4 Å². The minimum atomic E-state index is -0.996. The lowest BCUT2D eigenvalue weighted by molar-refractivity contribution is -0.131. The number of carbonyl (C=O) groups is 4. The number of carbonyl (C=O) groups excluding carboxylic acids is 4. The van der Waals surface area contributed by atoms with Gasteiger partial charge in [0.15, 0.2) is 0 Å². The first-order valence-corrected chi connectivity index (χ1v) is 15.1. The summed E-state index contributed by atoms with van der Waals surface area (Å²) in [5, 5.41) is 26.5. The van der Waals surface area contributed by atoms with Gasteiger partial charge in [-0.15, -0.1) is 0 Å². The zero-order valence-corrected chi connectivity index (χ0v) is 24.8. The van der Waals surface area contributed by atoms with Crippen LogP contribution in [0.3, 0.4) is 0 Å². The molecule has 6 atom stereocenters. The molecule has 0 aromatic heterocycles. The normalized spacial score (nSPS) is 22.0. The van der Waals surface area contributed by atoms with Gasteiger partial charge in [0.05, 0.1) is 24.7 Å². The van der Waals surface area contributed by atoms with E-state index in [0.717, 1.165) is 30.5 Å².